The molecule has 0 radical (unpaired) electrons. The minimum absolute atomic E-state index is 0.0822. The molecule has 31 heavy (non-hydrogen) atoms. The molecule has 1 aromatic heterocycles. The summed E-state index contributed by atoms with van der Waals surface area (Å²) in [6.07, 6.45) is 3.02. The number of carbonyl (C=O) groups excluding carboxylic acids is 1. The first-order chi connectivity index (χ1) is 14.8. The zero-order valence-corrected chi connectivity index (χ0v) is 18.6. The van der Waals surface area contributed by atoms with Crippen LogP contribution >= 0.6 is 11.6 Å². The van der Waals surface area contributed by atoms with Crippen LogP contribution in [0.1, 0.15) is 5.56 Å². The van der Waals surface area contributed by atoms with Crippen LogP contribution in [0.2, 0.25) is 5.02 Å². The predicted molar refractivity (Wildman–Crippen MR) is 119 cm³/mol. The maximum Gasteiger partial charge on any atom is 0.228 e. The van der Waals surface area contributed by atoms with Gasteiger partial charge in [0.05, 0.1) is 31.2 Å². The molecule has 0 spiro atoms. The van der Waals surface area contributed by atoms with Crippen LogP contribution in [0.3, 0.4) is 0 Å². The van der Waals surface area contributed by atoms with Crippen molar-refractivity contribution in [2.24, 2.45) is 0 Å². The highest BCUT2D eigenvalue weighted by Crippen LogP contribution is 2.27. The van der Waals surface area contributed by atoms with Crippen molar-refractivity contribution >= 4 is 43.9 Å². The van der Waals surface area contributed by atoms with Crippen LogP contribution < -0.4 is 5.32 Å². The fraction of sp³-hybridized carbons (Fsp3) is 0.333. The normalized spacial score (nSPS) is 15.3. The molecule has 2 aromatic carbocycles. The van der Waals surface area contributed by atoms with Gasteiger partial charge in [0.15, 0.2) is 9.84 Å². The topological polar surface area (TPSA) is 93.5 Å². The Bertz CT molecular complexity index is 1220. The quantitative estimate of drug-likeness (QED) is 0.605. The number of hydrogen-bond donors (Lipinski definition) is 1. The van der Waals surface area contributed by atoms with E-state index < -0.39 is 9.84 Å². The molecule has 3 aromatic rings. The lowest BCUT2D eigenvalue weighted by Gasteiger charge is -2.26. The van der Waals surface area contributed by atoms with Gasteiger partial charge in [0.2, 0.25) is 5.91 Å². The molecule has 164 valence electrons. The molecule has 1 saturated heterocycles. The summed E-state index contributed by atoms with van der Waals surface area (Å²) < 4.78 is 31.9. The number of morpholine rings is 1. The summed E-state index contributed by atoms with van der Waals surface area (Å²) >= 11 is 6.14. The van der Waals surface area contributed by atoms with Crippen LogP contribution in [0.15, 0.2) is 47.5 Å². The number of sulfone groups is 1. The molecule has 1 N–H and O–H groups in total. The molecule has 0 bridgehead atoms. The lowest BCUT2D eigenvalue weighted by Crippen LogP contribution is -2.37. The Balaban J connectivity index is 1.61. The summed E-state index contributed by atoms with van der Waals surface area (Å²) in [5.74, 6) is -0.285. The number of hydrogen-bond acceptors (Lipinski definition) is 6. The summed E-state index contributed by atoms with van der Waals surface area (Å²) in [4.78, 5) is 14.8. The third kappa shape index (κ3) is 5.24. The first-order valence-corrected chi connectivity index (χ1v) is 12.1. The molecule has 1 aliphatic rings. The number of halogens is 1. The molecule has 0 aliphatic carbocycles. The van der Waals surface area contributed by atoms with Crippen molar-refractivity contribution in [3.63, 3.8) is 0 Å². The van der Waals surface area contributed by atoms with Crippen LogP contribution in [-0.4, -0.2) is 61.6 Å². The van der Waals surface area contributed by atoms with Crippen LogP contribution in [0.4, 0.5) is 5.69 Å². The number of nitrogens with one attached hydrogen (secondary N) is 1. The van der Waals surface area contributed by atoms with Gasteiger partial charge in [-0.2, -0.15) is 5.10 Å². The van der Waals surface area contributed by atoms with E-state index in [9.17, 15) is 13.2 Å². The van der Waals surface area contributed by atoms with E-state index in [-0.39, 0.29) is 17.2 Å². The van der Waals surface area contributed by atoms with Crippen molar-refractivity contribution in [3.05, 3.63) is 53.2 Å². The minimum atomic E-state index is -3.55. The predicted octanol–water partition coefficient (Wildman–Crippen LogP) is 2.56. The second kappa shape index (κ2) is 8.96. The van der Waals surface area contributed by atoms with Gasteiger partial charge in [-0.05, 0) is 23.8 Å². The molecule has 2 heterocycles. The smallest absolute Gasteiger partial charge is 0.228 e. The minimum Gasteiger partial charge on any atom is -0.379 e. The first-order valence-electron chi connectivity index (χ1n) is 9.84. The van der Waals surface area contributed by atoms with E-state index in [1.54, 1.807) is 35.1 Å². The summed E-state index contributed by atoms with van der Waals surface area (Å²) in [6.45, 7) is 3.44. The number of amides is 1. The molecular formula is C21H23ClN4O4S. The van der Waals surface area contributed by atoms with Crippen LogP contribution in [-0.2, 0) is 32.5 Å². The van der Waals surface area contributed by atoms with Gasteiger partial charge in [-0.3, -0.25) is 14.4 Å². The number of nitrogens with zero attached hydrogens (tertiary/aromatic N) is 3. The largest absolute Gasteiger partial charge is 0.379 e. The first kappa shape index (κ1) is 21.8. The van der Waals surface area contributed by atoms with Gasteiger partial charge in [-0.25, -0.2) is 8.42 Å². The Morgan fingerprint density at radius 2 is 1.97 bits per heavy atom. The van der Waals surface area contributed by atoms with Crippen LogP contribution in [0.5, 0.6) is 0 Å². The monoisotopic (exact) mass is 462 g/mol. The average Bonchev–Trinajstić information content (AvgIpc) is 3.11. The van der Waals surface area contributed by atoms with Gasteiger partial charge in [0, 0.05) is 41.6 Å². The highest BCUT2D eigenvalue weighted by molar-refractivity contribution is 7.91. The van der Waals surface area contributed by atoms with Gasteiger partial charge in [0.25, 0.3) is 0 Å². The van der Waals surface area contributed by atoms with Crippen molar-refractivity contribution in [1.29, 1.82) is 0 Å². The summed E-state index contributed by atoms with van der Waals surface area (Å²) in [5, 5.41) is 8.44. The second-order valence-corrected chi connectivity index (χ2v) is 9.93. The molecular weight excluding hydrogens is 440 g/mol. The Hall–Kier alpha value is -2.46. The number of carbonyl (C=O) groups is 1. The number of fused-ring (bicyclic) bond motifs is 1. The number of anilines is 1. The number of ether oxygens (including phenoxy) is 1. The highest BCUT2D eigenvalue weighted by Gasteiger charge is 2.19. The molecule has 0 atom stereocenters. The maximum absolute atomic E-state index is 12.5. The molecule has 0 unspecified atom stereocenters. The molecule has 1 fully saturated rings. The standard InChI is InChI=1S/C21H23ClN4O4S/c1-31(28,29)19-12-17(23-20(27)11-15-4-2-3-5-18(15)22)10-16-13-26(24-21(16)19)14-25-6-8-30-9-7-25/h2-5,10,12-13H,6-9,11,14H2,1H3,(H,23,27). The molecule has 0 saturated carbocycles. The van der Waals surface area contributed by atoms with Gasteiger partial charge in [0.1, 0.15) is 5.52 Å². The van der Waals surface area contributed by atoms with E-state index in [1.165, 1.54) is 6.07 Å². The van der Waals surface area contributed by atoms with E-state index in [4.69, 9.17) is 16.3 Å². The molecule has 10 heteroatoms. The second-order valence-electron chi connectivity index (χ2n) is 7.54. The fourth-order valence-electron chi connectivity index (χ4n) is 3.55. The van der Waals surface area contributed by atoms with Gasteiger partial charge < -0.3 is 10.1 Å². The van der Waals surface area contributed by atoms with E-state index in [2.05, 4.69) is 15.3 Å². The van der Waals surface area contributed by atoms with E-state index >= 15 is 0 Å². The number of aromatic nitrogens is 2. The Morgan fingerprint density at radius 1 is 1.23 bits per heavy atom. The number of rotatable bonds is 6. The third-order valence-corrected chi connectivity index (χ3v) is 6.54. The van der Waals surface area contributed by atoms with Crippen molar-refractivity contribution in [1.82, 2.24) is 14.7 Å². The lowest BCUT2D eigenvalue weighted by molar-refractivity contribution is -0.115. The summed E-state index contributed by atoms with van der Waals surface area (Å²) in [5.41, 5.74) is 1.49. The molecule has 1 aliphatic heterocycles. The zero-order chi connectivity index (χ0) is 22.0. The van der Waals surface area contributed by atoms with Crippen molar-refractivity contribution < 1.29 is 17.9 Å². The highest BCUT2D eigenvalue weighted by atomic mass is 35.5. The molecule has 8 nitrogen and oxygen atoms in total. The van der Waals surface area contributed by atoms with Gasteiger partial charge in [-0.15, -0.1) is 0 Å². The van der Waals surface area contributed by atoms with E-state index in [0.717, 1.165) is 19.3 Å². The zero-order valence-electron chi connectivity index (χ0n) is 17.0. The molecule has 1 amide bonds. The van der Waals surface area contributed by atoms with Crippen LogP contribution in [0.25, 0.3) is 10.9 Å². The van der Waals surface area contributed by atoms with E-state index in [1.807, 2.05) is 6.07 Å². The Morgan fingerprint density at radius 3 is 2.68 bits per heavy atom. The van der Waals surface area contributed by atoms with Gasteiger partial charge in [-0.1, -0.05) is 29.8 Å². The van der Waals surface area contributed by atoms with Crippen molar-refractivity contribution in [2.75, 3.05) is 37.9 Å². The van der Waals surface area contributed by atoms with Crippen LogP contribution in [0, 0.1) is 0 Å². The summed E-state index contributed by atoms with van der Waals surface area (Å²) in [7, 11) is -3.55. The van der Waals surface area contributed by atoms with Crippen molar-refractivity contribution in [2.45, 2.75) is 18.0 Å². The van der Waals surface area contributed by atoms with E-state index in [0.29, 0.717) is 47.1 Å². The molecule has 4 rings (SSSR count). The Labute approximate surface area is 185 Å². The third-order valence-electron chi connectivity index (χ3n) is 5.06. The maximum atomic E-state index is 12.5. The number of benzene rings is 2. The fourth-order valence-corrected chi connectivity index (χ4v) is 4.60. The van der Waals surface area contributed by atoms with Gasteiger partial charge >= 0.3 is 0 Å². The Kier molecular flexibility index (Phi) is 6.29. The van der Waals surface area contributed by atoms with Crippen molar-refractivity contribution in [3.8, 4) is 0 Å². The lowest BCUT2D eigenvalue weighted by atomic mass is 10.1. The SMILES string of the molecule is CS(=O)(=O)c1cc(NC(=O)Cc2ccccc2Cl)cc2cn(CN3CCOCC3)nc12. The average molecular weight is 463 g/mol. The summed E-state index contributed by atoms with van der Waals surface area (Å²) in [6, 6.07) is 10.3.